The van der Waals surface area contributed by atoms with Gasteiger partial charge in [0, 0.05) is 24.1 Å². The molecule has 0 fully saturated rings. The number of benzene rings is 1. The van der Waals surface area contributed by atoms with Crippen LogP contribution in [-0.4, -0.2) is 15.9 Å². The highest BCUT2D eigenvalue weighted by molar-refractivity contribution is 7.09. The van der Waals surface area contributed by atoms with Gasteiger partial charge in [0.25, 0.3) is 0 Å². The largest absolute Gasteiger partial charge is 0.367 e. The Kier molecular flexibility index (Phi) is 3.48. The average Bonchev–Trinajstić information content (AvgIpc) is 2.63. The van der Waals surface area contributed by atoms with Gasteiger partial charge in [-0.1, -0.05) is 0 Å². The van der Waals surface area contributed by atoms with Crippen molar-refractivity contribution in [2.75, 3.05) is 17.6 Å². The van der Waals surface area contributed by atoms with E-state index in [1.807, 2.05) is 0 Å². The lowest BCUT2D eigenvalue weighted by molar-refractivity contribution is 0.580. The van der Waals surface area contributed by atoms with Crippen molar-refractivity contribution in [1.29, 1.82) is 0 Å². The molecular formula is C10H10F2N4S. The smallest absolute Gasteiger partial charge is 0.233 e. The number of nitrogens with zero attached hydrogens (tertiary/aromatic N) is 2. The number of aromatic nitrogens is 2. The maximum atomic E-state index is 12.9. The zero-order chi connectivity index (χ0) is 12.3. The molecule has 0 saturated heterocycles. The number of anilines is 2. The van der Waals surface area contributed by atoms with E-state index < -0.39 is 11.6 Å². The summed E-state index contributed by atoms with van der Waals surface area (Å²) < 4.78 is 29.6. The molecule has 1 aromatic carbocycles. The van der Waals surface area contributed by atoms with Crippen LogP contribution in [0.5, 0.6) is 0 Å². The third-order valence-corrected chi connectivity index (χ3v) is 2.74. The van der Waals surface area contributed by atoms with Crippen molar-refractivity contribution in [2.45, 2.75) is 6.42 Å². The molecule has 1 aromatic heterocycles. The van der Waals surface area contributed by atoms with Gasteiger partial charge in [0.05, 0.1) is 0 Å². The van der Waals surface area contributed by atoms with E-state index in [2.05, 4.69) is 14.7 Å². The Labute approximate surface area is 101 Å². The lowest BCUT2D eigenvalue weighted by Crippen LogP contribution is -2.05. The topological polar surface area (TPSA) is 63.8 Å². The molecule has 0 aliphatic rings. The number of rotatable bonds is 4. The lowest BCUT2D eigenvalue weighted by Gasteiger charge is -2.03. The molecule has 0 amide bonds. The number of hydrogen-bond acceptors (Lipinski definition) is 5. The first-order chi connectivity index (χ1) is 8.13. The molecule has 2 rings (SSSR count). The van der Waals surface area contributed by atoms with Crippen LogP contribution in [0.25, 0.3) is 0 Å². The predicted molar refractivity (Wildman–Crippen MR) is 62.9 cm³/mol. The average molecular weight is 256 g/mol. The second-order valence-corrected chi connectivity index (χ2v) is 4.16. The van der Waals surface area contributed by atoms with E-state index in [1.54, 1.807) is 0 Å². The van der Waals surface area contributed by atoms with Crippen molar-refractivity contribution in [3.63, 3.8) is 0 Å². The lowest BCUT2D eigenvalue weighted by atomic mass is 10.1. The Morgan fingerprint density at radius 1 is 1.24 bits per heavy atom. The van der Waals surface area contributed by atoms with E-state index in [1.165, 1.54) is 12.1 Å². The van der Waals surface area contributed by atoms with Crippen LogP contribution in [0.1, 0.15) is 5.56 Å². The minimum Gasteiger partial charge on any atom is -0.367 e. The van der Waals surface area contributed by atoms with Crippen LogP contribution in [-0.2, 0) is 6.42 Å². The molecule has 0 spiro atoms. The van der Waals surface area contributed by atoms with E-state index in [0.29, 0.717) is 23.7 Å². The van der Waals surface area contributed by atoms with Gasteiger partial charge in [-0.05, 0) is 24.1 Å². The third-order valence-electron chi connectivity index (χ3n) is 2.05. The normalized spacial score (nSPS) is 10.5. The molecular weight excluding hydrogens is 246 g/mol. The summed E-state index contributed by atoms with van der Waals surface area (Å²) >= 11 is 1.15. The third kappa shape index (κ3) is 3.35. The minimum absolute atomic E-state index is 0.217. The quantitative estimate of drug-likeness (QED) is 0.878. The minimum atomic E-state index is -0.569. The van der Waals surface area contributed by atoms with Gasteiger partial charge >= 0.3 is 0 Å². The molecule has 0 radical (unpaired) electrons. The monoisotopic (exact) mass is 256 g/mol. The van der Waals surface area contributed by atoms with Crippen molar-refractivity contribution in [2.24, 2.45) is 0 Å². The SMILES string of the molecule is Nc1nsc(NCCc2cc(F)cc(F)c2)n1. The fraction of sp³-hybridized carbons (Fsp3) is 0.200. The molecule has 0 aliphatic carbocycles. The molecule has 17 heavy (non-hydrogen) atoms. The van der Waals surface area contributed by atoms with E-state index in [0.717, 1.165) is 17.6 Å². The van der Waals surface area contributed by atoms with Gasteiger partial charge in [-0.2, -0.15) is 9.36 Å². The van der Waals surface area contributed by atoms with Crippen LogP contribution in [0.15, 0.2) is 18.2 Å². The summed E-state index contributed by atoms with van der Waals surface area (Å²) in [5.74, 6) is -0.922. The first-order valence-corrected chi connectivity index (χ1v) is 5.69. The van der Waals surface area contributed by atoms with Crippen LogP contribution in [0, 0.1) is 11.6 Å². The van der Waals surface area contributed by atoms with Crippen LogP contribution in [0.4, 0.5) is 19.9 Å². The number of hydrogen-bond donors (Lipinski definition) is 2. The van der Waals surface area contributed by atoms with E-state index in [4.69, 9.17) is 5.73 Å². The highest BCUT2D eigenvalue weighted by atomic mass is 32.1. The fourth-order valence-electron chi connectivity index (χ4n) is 1.38. The number of halogens is 2. The predicted octanol–water partition coefficient (Wildman–Crippen LogP) is 2.05. The van der Waals surface area contributed by atoms with E-state index in [9.17, 15) is 8.78 Å². The molecule has 0 unspecified atom stereocenters. The molecule has 0 bridgehead atoms. The van der Waals surface area contributed by atoms with E-state index in [-0.39, 0.29) is 5.95 Å². The molecule has 0 saturated carbocycles. The van der Waals surface area contributed by atoms with Crippen molar-refractivity contribution < 1.29 is 8.78 Å². The Morgan fingerprint density at radius 2 is 1.94 bits per heavy atom. The summed E-state index contributed by atoms with van der Waals surface area (Å²) in [4.78, 5) is 3.90. The first kappa shape index (κ1) is 11.7. The number of nitrogens with one attached hydrogen (secondary N) is 1. The fourth-order valence-corrected chi connectivity index (χ4v) is 1.90. The van der Waals surface area contributed by atoms with Crippen LogP contribution in [0.2, 0.25) is 0 Å². The van der Waals surface area contributed by atoms with Gasteiger partial charge in [0.1, 0.15) is 11.6 Å². The zero-order valence-electron chi connectivity index (χ0n) is 8.78. The van der Waals surface area contributed by atoms with Gasteiger partial charge in [0.2, 0.25) is 11.1 Å². The molecule has 3 N–H and O–H groups in total. The Balaban J connectivity index is 1.89. The number of nitrogens with two attached hydrogens (primary N) is 1. The van der Waals surface area contributed by atoms with Gasteiger partial charge < -0.3 is 11.1 Å². The number of nitrogen functional groups attached to an aromatic ring is 1. The Bertz CT molecular complexity index is 495. The second-order valence-electron chi connectivity index (χ2n) is 3.41. The molecule has 4 nitrogen and oxygen atoms in total. The highest BCUT2D eigenvalue weighted by Gasteiger charge is 2.02. The molecule has 90 valence electrons. The van der Waals surface area contributed by atoms with Crippen molar-refractivity contribution in [1.82, 2.24) is 9.36 Å². The molecule has 0 atom stereocenters. The van der Waals surface area contributed by atoms with Crippen LogP contribution >= 0.6 is 11.5 Å². The summed E-state index contributed by atoms with van der Waals surface area (Å²) in [6, 6.07) is 3.46. The summed E-state index contributed by atoms with van der Waals surface area (Å²) in [5.41, 5.74) is 5.94. The molecule has 0 aliphatic heterocycles. The Hall–Kier alpha value is -1.76. The van der Waals surface area contributed by atoms with Crippen LogP contribution in [0.3, 0.4) is 0 Å². The van der Waals surface area contributed by atoms with Crippen molar-refractivity contribution in [3.8, 4) is 0 Å². The van der Waals surface area contributed by atoms with Gasteiger partial charge in [-0.25, -0.2) is 8.78 Å². The summed E-state index contributed by atoms with van der Waals surface area (Å²) in [5, 5.41) is 3.57. The summed E-state index contributed by atoms with van der Waals surface area (Å²) in [6.45, 7) is 0.511. The van der Waals surface area contributed by atoms with Crippen molar-refractivity contribution in [3.05, 3.63) is 35.4 Å². The molecule has 2 aromatic rings. The van der Waals surface area contributed by atoms with E-state index >= 15 is 0 Å². The highest BCUT2D eigenvalue weighted by Crippen LogP contribution is 2.12. The van der Waals surface area contributed by atoms with Gasteiger partial charge in [0.15, 0.2) is 0 Å². The summed E-state index contributed by atoms with van der Waals surface area (Å²) in [7, 11) is 0. The second kappa shape index (κ2) is 5.05. The zero-order valence-corrected chi connectivity index (χ0v) is 9.60. The maximum Gasteiger partial charge on any atom is 0.233 e. The summed E-state index contributed by atoms with van der Waals surface area (Å²) in [6.07, 6.45) is 0.494. The Morgan fingerprint density at radius 3 is 2.53 bits per heavy atom. The van der Waals surface area contributed by atoms with Crippen molar-refractivity contribution >= 4 is 22.6 Å². The van der Waals surface area contributed by atoms with Gasteiger partial charge in [-0.15, -0.1) is 0 Å². The first-order valence-electron chi connectivity index (χ1n) is 4.91. The molecule has 1 heterocycles. The maximum absolute atomic E-state index is 12.9. The molecule has 7 heteroatoms. The van der Waals surface area contributed by atoms with Crippen LogP contribution < -0.4 is 11.1 Å². The standard InChI is InChI=1S/C10H10F2N4S/c11-7-3-6(4-8(12)5-7)1-2-14-10-15-9(13)16-17-10/h3-5H,1-2H2,(H3,13,14,15,16). The van der Waals surface area contributed by atoms with Gasteiger partial charge in [-0.3, -0.25) is 0 Å².